The largest absolute Gasteiger partial charge is 0.379 e. The normalized spacial score (nSPS) is 22.0. The number of ether oxygens (including phenoxy) is 2. The Morgan fingerprint density at radius 2 is 2.21 bits per heavy atom. The van der Waals surface area contributed by atoms with E-state index in [1.54, 1.807) is 24.3 Å². The monoisotopic (exact) mass is 376 g/mol. The molecule has 1 fully saturated rings. The van der Waals surface area contributed by atoms with E-state index in [4.69, 9.17) is 21.1 Å². The summed E-state index contributed by atoms with van der Waals surface area (Å²) in [5.41, 5.74) is 0.659. The minimum atomic E-state index is -3.48. The molecule has 2 atom stereocenters. The third-order valence-electron chi connectivity index (χ3n) is 3.75. The fourth-order valence-corrected chi connectivity index (χ4v) is 4.16. The van der Waals surface area contributed by atoms with Crippen molar-refractivity contribution in [3.05, 3.63) is 34.9 Å². The summed E-state index contributed by atoms with van der Waals surface area (Å²) in [6, 6.07) is 6.60. The molecule has 0 aliphatic carbocycles. The summed E-state index contributed by atoms with van der Waals surface area (Å²) in [5, 5.41) is 0.527. The molecule has 0 spiro atoms. The smallest absolute Gasteiger partial charge is 0.216 e. The Bertz CT molecular complexity index is 624. The maximum atomic E-state index is 12.4. The van der Waals surface area contributed by atoms with E-state index < -0.39 is 10.0 Å². The Kier molecular flexibility index (Phi) is 7.46. The Morgan fingerprint density at radius 1 is 1.42 bits per heavy atom. The summed E-state index contributed by atoms with van der Waals surface area (Å²) in [6.45, 7) is 2.24. The van der Waals surface area contributed by atoms with Crippen LogP contribution in [0.5, 0.6) is 0 Å². The van der Waals surface area contributed by atoms with Crippen molar-refractivity contribution in [1.29, 1.82) is 0 Å². The Balaban J connectivity index is 1.94. The third kappa shape index (κ3) is 6.66. The Labute approximate surface area is 149 Å². The zero-order valence-corrected chi connectivity index (χ0v) is 15.6. The van der Waals surface area contributed by atoms with E-state index in [0.29, 0.717) is 36.8 Å². The quantitative estimate of drug-likeness (QED) is 0.744. The topological polar surface area (TPSA) is 67.9 Å². The van der Waals surface area contributed by atoms with Gasteiger partial charge in [0.15, 0.2) is 0 Å². The van der Waals surface area contributed by atoms with E-state index in [9.17, 15) is 8.42 Å². The Morgan fingerprint density at radius 3 is 2.92 bits per heavy atom. The molecule has 1 heterocycles. The lowest BCUT2D eigenvalue weighted by molar-refractivity contribution is -0.0665. The van der Waals surface area contributed by atoms with Crippen LogP contribution in [0.15, 0.2) is 24.3 Å². The second kappa shape index (κ2) is 9.12. The van der Waals surface area contributed by atoms with Gasteiger partial charge in [-0.05, 0) is 38.2 Å². The SMILES string of the molecule is CN(C)CCO[C@@H]1COCC[C@H]1NS(=O)(=O)Cc1cccc(Cl)c1. The van der Waals surface area contributed by atoms with Crippen molar-refractivity contribution in [2.24, 2.45) is 0 Å². The van der Waals surface area contributed by atoms with Crippen LogP contribution in [0.4, 0.5) is 0 Å². The number of hydrogen-bond donors (Lipinski definition) is 1. The summed E-state index contributed by atoms with van der Waals surface area (Å²) in [7, 11) is 0.448. The molecule has 0 bridgehead atoms. The van der Waals surface area contributed by atoms with Gasteiger partial charge in [0, 0.05) is 18.2 Å². The van der Waals surface area contributed by atoms with Crippen molar-refractivity contribution in [2.75, 3.05) is 40.5 Å². The van der Waals surface area contributed by atoms with Gasteiger partial charge in [-0.15, -0.1) is 0 Å². The van der Waals surface area contributed by atoms with Crippen LogP contribution in [-0.4, -0.2) is 65.9 Å². The van der Waals surface area contributed by atoms with Gasteiger partial charge in [-0.1, -0.05) is 23.7 Å². The molecule has 136 valence electrons. The molecule has 0 aromatic heterocycles. The lowest BCUT2D eigenvalue weighted by Crippen LogP contribution is -2.50. The van der Waals surface area contributed by atoms with Crippen molar-refractivity contribution < 1.29 is 17.9 Å². The second-order valence-electron chi connectivity index (χ2n) is 6.19. The maximum Gasteiger partial charge on any atom is 0.216 e. The average Bonchev–Trinajstić information content (AvgIpc) is 2.48. The van der Waals surface area contributed by atoms with E-state index >= 15 is 0 Å². The minimum Gasteiger partial charge on any atom is -0.379 e. The van der Waals surface area contributed by atoms with Crippen LogP contribution >= 0.6 is 11.6 Å². The molecule has 0 amide bonds. The number of benzene rings is 1. The predicted molar refractivity (Wildman–Crippen MR) is 94.7 cm³/mol. The number of halogens is 1. The van der Waals surface area contributed by atoms with Crippen LogP contribution in [0.2, 0.25) is 5.02 Å². The highest BCUT2D eigenvalue weighted by Crippen LogP contribution is 2.16. The van der Waals surface area contributed by atoms with Gasteiger partial charge in [0.25, 0.3) is 0 Å². The van der Waals surface area contributed by atoms with Gasteiger partial charge in [-0.3, -0.25) is 0 Å². The minimum absolute atomic E-state index is 0.102. The first kappa shape index (κ1) is 19.6. The first-order valence-corrected chi connectivity index (χ1v) is 9.97. The second-order valence-corrected chi connectivity index (χ2v) is 8.38. The van der Waals surface area contributed by atoms with Crippen molar-refractivity contribution in [2.45, 2.75) is 24.3 Å². The summed E-state index contributed by atoms with van der Waals surface area (Å²) < 4.78 is 38.9. The van der Waals surface area contributed by atoms with Crippen LogP contribution in [0.25, 0.3) is 0 Å². The van der Waals surface area contributed by atoms with E-state index in [-0.39, 0.29) is 17.9 Å². The van der Waals surface area contributed by atoms with Crippen molar-refractivity contribution in [1.82, 2.24) is 9.62 Å². The fraction of sp³-hybridized carbons (Fsp3) is 0.625. The van der Waals surface area contributed by atoms with Gasteiger partial charge >= 0.3 is 0 Å². The highest BCUT2D eigenvalue weighted by Gasteiger charge is 2.30. The van der Waals surface area contributed by atoms with Gasteiger partial charge in [0.1, 0.15) is 0 Å². The van der Waals surface area contributed by atoms with Crippen LogP contribution in [0, 0.1) is 0 Å². The van der Waals surface area contributed by atoms with Crippen molar-refractivity contribution in [3.63, 3.8) is 0 Å². The molecular weight excluding hydrogens is 352 g/mol. The van der Waals surface area contributed by atoms with Gasteiger partial charge in [0.05, 0.1) is 31.1 Å². The standard InChI is InChI=1S/C16H25ClN2O4S/c1-19(2)7-9-23-16-11-22-8-6-15(16)18-24(20,21)12-13-4-3-5-14(17)10-13/h3-5,10,15-16,18H,6-9,11-12H2,1-2H3/t15-,16-/m1/s1. The highest BCUT2D eigenvalue weighted by atomic mass is 35.5. The molecule has 1 aromatic carbocycles. The van der Waals surface area contributed by atoms with Gasteiger partial charge in [-0.25, -0.2) is 13.1 Å². The van der Waals surface area contributed by atoms with Gasteiger partial charge < -0.3 is 14.4 Å². The van der Waals surface area contributed by atoms with E-state index in [2.05, 4.69) is 4.72 Å². The molecule has 1 aliphatic rings. The summed E-state index contributed by atoms with van der Waals surface area (Å²) >= 11 is 5.92. The van der Waals surface area contributed by atoms with Crippen molar-refractivity contribution >= 4 is 21.6 Å². The molecule has 24 heavy (non-hydrogen) atoms. The number of likely N-dealkylation sites (N-methyl/N-ethyl adjacent to an activating group) is 1. The fourth-order valence-electron chi connectivity index (χ4n) is 2.52. The molecule has 0 radical (unpaired) electrons. The lowest BCUT2D eigenvalue weighted by atomic mass is 10.1. The molecule has 1 saturated heterocycles. The van der Waals surface area contributed by atoms with Gasteiger partial charge in [-0.2, -0.15) is 0 Å². The van der Waals surface area contributed by atoms with Crippen molar-refractivity contribution in [3.8, 4) is 0 Å². The first-order valence-electron chi connectivity index (χ1n) is 7.94. The molecular formula is C16H25ClN2O4S. The Hall–Kier alpha value is -0.700. The van der Waals surface area contributed by atoms with Crippen LogP contribution in [0.1, 0.15) is 12.0 Å². The zero-order chi connectivity index (χ0) is 17.6. The zero-order valence-electron chi connectivity index (χ0n) is 14.1. The molecule has 2 rings (SSSR count). The van der Waals surface area contributed by atoms with E-state index in [1.165, 1.54) is 0 Å². The van der Waals surface area contributed by atoms with Crippen LogP contribution in [0.3, 0.4) is 0 Å². The summed E-state index contributed by atoms with van der Waals surface area (Å²) in [6.07, 6.45) is 0.328. The number of rotatable bonds is 8. The molecule has 1 N–H and O–H groups in total. The molecule has 1 aromatic rings. The maximum absolute atomic E-state index is 12.4. The van der Waals surface area contributed by atoms with E-state index in [1.807, 2.05) is 19.0 Å². The van der Waals surface area contributed by atoms with Gasteiger partial charge in [0.2, 0.25) is 10.0 Å². The third-order valence-corrected chi connectivity index (χ3v) is 5.36. The summed E-state index contributed by atoms with van der Waals surface area (Å²) in [4.78, 5) is 2.02. The number of nitrogens with zero attached hydrogens (tertiary/aromatic N) is 1. The highest BCUT2D eigenvalue weighted by molar-refractivity contribution is 7.88. The average molecular weight is 377 g/mol. The first-order chi connectivity index (χ1) is 11.4. The van der Waals surface area contributed by atoms with Crippen LogP contribution in [-0.2, 0) is 25.2 Å². The molecule has 1 aliphatic heterocycles. The molecule has 0 unspecified atom stereocenters. The van der Waals surface area contributed by atoms with E-state index in [0.717, 1.165) is 6.54 Å². The lowest BCUT2D eigenvalue weighted by Gasteiger charge is -2.32. The summed E-state index contributed by atoms with van der Waals surface area (Å²) in [5.74, 6) is -0.102. The predicted octanol–water partition coefficient (Wildman–Crippen LogP) is 1.50. The molecule has 8 heteroatoms. The molecule has 6 nitrogen and oxygen atoms in total. The number of nitrogens with one attached hydrogen (secondary N) is 1. The van der Waals surface area contributed by atoms with Crippen LogP contribution < -0.4 is 4.72 Å². The number of hydrogen-bond acceptors (Lipinski definition) is 5. The number of sulfonamides is 1. The molecule has 0 saturated carbocycles.